The SMILES string of the molecule is CCC(=O)N1C(=O)OCC1(C)c1ccccc1. The first-order valence-corrected chi connectivity index (χ1v) is 5.65. The first kappa shape index (κ1) is 11.6. The van der Waals surface area contributed by atoms with Gasteiger partial charge in [0.2, 0.25) is 5.91 Å². The maximum Gasteiger partial charge on any atom is 0.417 e. The molecule has 1 saturated heterocycles. The average molecular weight is 233 g/mol. The number of ether oxygens (including phenoxy) is 1. The lowest BCUT2D eigenvalue weighted by atomic mass is 9.92. The van der Waals surface area contributed by atoms with Crippen LogP contribution in [0.5, 0.6) is 0 Å². The van der Waals surface area contributed by atoms with E-state index in [1.165, 1.54) is 4.90 Å². The summed E-state index contributed by atoms with van der Waals surface area (Å²) >= 11 is 0. The number of cyclic esters (lactones) is 1. The highest BCUT2D eigenvalue weighted by Gasteiger charge is 2.47. The van der Waals surface area contributed by atoms with Crippen molar-refractivity contribution in [3.63, 3.8) is 0 Å². The molecule has 4 nitrogen and oxygen atoms in total. The molecule has 0 saturated carbocycles. The lowest BCUT2D eigenvalue weighted by molar-refractivity contribution is -0.131. The average Bonchev–Trinajstić information content (AvgIpc) is 2.67. The minimum atomic E-state index is -0.689. The number of rotatable bonds is 2. The molecule has 2 rings (SSSR count). The highest BCUT2D eigenvalue weighted by Crippen LogP contribution is 2.34. The van der Waals surface area contributed by atoms with E-state index in [-0.39, 0.29) is 18.9 Å². The highest BCUT2D eigenvalue weighted by molar-refractivity contribution is 5.94. The predicted molar refractivity (Wildman–Crippen MR) is 62.3 cm³/mol. The van der Waals surface area contributed by atoms with Gasteiger partial charge in [0.05, 0.1) is 0 Å². The first-order valence-electron chi connectivity index (χ1n) is 5.65. The van der Waals surface area contributed by atoms with Gasteiger partial charge in [-0.05, 0) is 12.5 Å². The van der Waals surface area contributed by atoms with Crippen LogP contribution in [0.3, 0.4) is 0 Å². The Hall–Kier alpha value is -1.84. The number of carbonyl (C=O) groups is 2. The predicted octanol–water partition coefficient (Wildman–Crippen LogP) is 2.29. The molecule has 0 aromatic heterocycles. The topological polar surface area (TPSA) is 46.6 Å². The fraction of sp³-hybridized carbons (Fsp3) is 0.385. The second-order valence-corrected chi connectivity index (χ2v) is 4.28. The first-order chi connectivity index (χ1) is 8.09. The zero-order chi connectivity index (χ0) is 12.5. The molecule has 1 heterocycles. The Morgan fingerprint density at radius 2 is 2.06 bits per heavy atom. The van der Waals surface area contributed by atoms with Crippen LogP contribution in [0.1, 0.15) is 25.8 Å². The van der Waals surface area contributed by atoms with E-state index in [1.54, 1.807) is 6.92 Å². The third-order valence-electron chi connectivity index (χ3n) is 3.10. The Balaban J connectivity index is 2.42. The van der Waals surface area contributed by atoms with Crippen LogP contribution < -0.4 is 0 Å². The van der Waals surface area contributed by atoms with Gasteiger partial charge in [-0.25, -0.2) is 9.69 Å². The van der Waals surface area contributed by atoms with Gasteiger partial charge in [0, 0.05) is 6.42 Å². The lowest BCUT2D eigenvalue weighted by Crippen LogP contribution is -2.45. The van der Waals surface area contributed by atoms with Crippen molar-refractivity contribution in [2.75, 3.05) is 6.61 Å². The summed E-state index contributed by atoms with van der Waals surface area (Å²) in [5.41, 5.74) is 0.221. The minimum absolute atomic E-state index is 0.209. The number of amides is 2. The molecule has 1 aromatic rings. The molecule has 0 spiro atoms. The van der Waals surface area contributed by atoms with Gasteiger partial charge in [0.15, 0.2) is 0 Å². The molecule has 0 aliphatic carbocycles. The number of benzene rings is 1. The van der Waals surface area contributed by atoms with E-state index < -0.39 is 11.6 Å². The maximum absolute atomic E-state index is 11.8. The Morgan fingerprint density at radius 3 is 2.65 bits per heavy atom. The number of nitrogens with zero attached hydrogens (tertiary/aromatic N) is 1. The standard InChI is InChI=1S/C13H15NO3/c1-3-11(15)14-12(16)17-9-13(14,2)10-7-5-4-6-8-10/h4-8H,3,9H2,1-2H3. The Bertz CT molecular complexity index is 443. The van der Waals surface area contributed by atoms with Gasteiger partial charge in [-0.3, -0.25) is 4.79 Å². The molecule has 0 N–H and O–H groups in total. The quantitative estimate of drug-likeness (QED) is 0.787. The second-order valence-electron chi connectivity index (χ2n) is 4.28. The summed E-state index contributed by atoms with van der Waals surface area (Å²) in [4.78, 5) is 24.7. The third-order valence-corrected chi connectivity index (χ3v) is 3.10. The van der Waals surface area contributed by atoms with Gasteiger partial charge in [0.25, 0.3) is 0 Å². The van der Waals surface area contributed by atoms with Gasteiger partial charge in [-0.2, -0.15) is 0 Å². The summed E-state index contributed by atoms with van der Waals surface area (Å²) in [5.74, 6) is -0.209. The summed E-state index contributed by atoms with van der Waals surface area (Å²) in [6.07, 6.45) is -0.263. The molecule has 0 bridgehead atoms. The van der Waals surface area contributed by atoms with Gasteiger partial charge in [-0.15, -0.1) is 0 Å². The van der Waals surface area contributed by atoms with Crippen LogP contribution in [0.2, 0.25) is 0 Å². The van der Waals surface area contributed by atoms with Crippen molar-refractivity contribution in [3.8, 4) is 0 Å². The van der Waals surface area contributed by atoms with E-state index in [9.17, 15) is 9.59 Å². The Labute approximate surface area is 100 Å². The molecule has 1 aromatic carbocycles. The van der Waals surface area contributed by atoms with Crippen molar-refractivity contribution >= 4 is 12.0 Å². The van der Waals surface area contributed by atoms with Gasteiger partial charge in [-0.1, -0.05) is 37.3 Å². The summed E-state index contributed by atoms with van der Waals surface area (Å²) in [6, 6.07) is 9.47. The Morgan fingerprint density at radius 1 is 1.41 bits per heavy atom. The molecule has 1 aliphatic rings. The van der Waals surface area contributed by atoms with E-state index in [0.717, 1.165) is 5.56 Å². The molecule has 1 unspecified atom stereocenters. The van der Waals surface area contributed by atoms with Crippen molar-refractivity contribution in [2.24, 2.45) is 0 Å². The summed E-state index contributed by atoms with van der Waals surface area (Å²) in [6.45, 7) is 3.79. The van der Waals surface area contributed by atoms with Crippen molar-refractivity contribution in [2.45, 2.75) is 25.8 Å². The molecule has 17 heavy (non-hydrogen) atoms. The number of hydrogen-bond donors (Lipinski definition) is 0. The van der Waals surface area contributed by atoms with E-state index in [0.29, 0.717) is 0 Å². The lowest BCUT2D eigenvalue weighted by Gasteiger charge is -2.30. The van der Waals surface area contributed by atoms with E-state index in [2.05, 4.69) is 0 Å². The molecule has 90 valence electrons. The zero-order valence-corrected chi connectivity index (χ0v) is 9.97. The highest BCUT2D eigenvalue weighted by atomic mass is 16.6. The minimum Gasteiger partial charge on any atom is -0.446 e. The van der Waals surface area contributed by atoms with Crippen LogP contribution in [-0.2, 0) is 15.1 Å². The summed E-state index contributed by atoms with van der Waals surface area (Å²) in [7, 11) is 0. The van der Waals surface area contributed by atoms with Crippen LogP contribution in [0.15, 0.2) is 30.3 Å². The smallest absolute Gasteiger partial charge is 0.417 e. The molecule has 1 atom stereocenters. The second kappa shape index (κ2) is 4.20. The van der Waals surface area contributed by atoms with Crippen molar-refractivity contribution < 1.29 is 14.3 Å². The molecule has 0 radical (unpaired) electrons. The van der Waals surface area contributed by atoms with Crippen LogP contribution in [-0.4, -0.2) is 23.5 Å². The molecule has 1 fully saturated rings. The van der Waals surface area contributed by atoms with E-state index in [1.807, 2.05) is 37.3 Å². The molecule has 4 heteroatoms. The fourth-order valence-electron chi connectivity index (χ4n) is 2.08. The maximum atomic E-state index is 11.8. The number of hydrogen-bond acceptors (Lipinski definition) is 3. The zero-order valence-electron chi connectivity index (χ0n) is 9.97. The van der Waals surface area contributed by atoms with Gasteiger partial charge in [0.1, 0.15) is 12.1 Å². The molecule has 1 aliphatic heterocycles. The van der Waals surface area contributed by atoms with E-state index in [4.69, 9.17) is 4.74 Å². The Kier molecular flexibility index (Phi) is 2.88. The normalized spacial score (nSPS) is 23.6. The molecular weight excluding hydrogens is 218 g/mol. The third kappa shape index (κ3) is 1.79. The van der Waals surface area contributed by atoms with Gasteiger partial charge < -0.3 is 4.74 Å². The fourth-order valence-corrected chi connectivity index (χ4v) is 2.08. The van der Waals surface area contributed by atoms with Crippen molar-refractivity contribution in [1.82, 2.24) is 4.90 Å². The number of imide groups is 1. The molecular formula is C13H15NO3. The van der Waals surface area contributed by atoms with Crippen molar-refractivity contribution in [1.29, 1.82) is 0 Å². The monoisotopic (exact) mass is 233 g/mol. The van der Waals surface area contributed by atoms with Crippen LogP contribution in [0.25, 0.3) is 0 Å². The summed E-state index contributed by atoms with van der Waals surface area (Å²) < 4.78 is 5.02. The number of carbonyl (C=O) groups excluding carboxylic acids is 2. The van der Waals surface area contributed by atoms with Gasteiger partial charge >= 0.3 is 6.09 Å². The van der Waals surface area contributed by atoms with E-state index >= 15 is 0 Å². The molecule has 2 amide bonds. The van der Waals surface area contributed by atoms with Crippen LogP contribution in [0.4, 0.5) is 4.79 Å². The summed E-state index contributed by atoms with van der Waals surface area (Å²) in [5, 5.41) is 0. The largest absolute Gasteiger partial charge is 0.446 e. The van der Waals surface area contributed by atoms with Crippen LogP contribution in [0, 0.1) is 0 Å². The van der Waals surface area contributed by atoms with Crippen molar-refractivity contribution in [3.05, 3.63) is 35.9 Å². The van der Waals surface area contributed by atoms with Crippen LogP contribution >= 0.6 is 0 Å².